The summed E-state index contributed by atoms with van der Waals surface area (Å²) in [5, 5.41) is 0. The van der Waals surface area contributed by atoms with Crippen molar-refractivity contribution in [2.24, 2.45) is 0 Å². The Balaban J connectivity index is 1.80. The Morgan fingerprint density at radius 1 is 0.969 bits per heavy atom. The van der Waals surface area contributed by atoms with Gasteiger partial charge in [0, 0.05) is 31.2 Å². The highest BCUT2D eigenvalue weighted by molar-refractivity contribution is 7.92. The van der Waals surface area contributed by atoms with E-state index in [1.165, 1.54) is 12.8 Å². The molecule has 32 heavy (non-hydrogen) atoms. The Morgan fingerprint density at radius 2 is 1.53 bits per heavy atom. The van der Waals surface area contributed by atoms with Crippen LogP contribution in [0.15, 0.2) is 36.7 Å². The van der Waals surface area contributed by atoms with Gasteiger partial charge >= 0.3 is 7.82 Å². The lowest BCUT2D eigenvalue weighted by atomic mass is 10.1. The molecular weight excluding hydrogens is 453 g/mol. The average molecular weight is 490 g/mol. The van der Waals surface area contributed by atoms with Crippen LogP contribution < -0.4 is 4.72 Å². The van der Waals surface area contributed by atoms with E-state index >= 15 is 0 Å². The molecule has 0 saturated heterocycles. The van der Waals surface area contributed by atoms with Gasteiger partial charge in [0.05, 0.1) is 6.26 Å². The number of phosphoric acid groups is 1. The highest BCUT2D eigenvalue weighted by atomic mass is 32.2. The Bertz CT molecular complexity index is 872. The van der Waals surface area contributed by atoms with E-state index in [0.717, 1.165) is 50.3 Å². The molecule has 1 aromatic carbocycles. The van der Waals surface area contributed by atoms with Gasteiger partial charge in [-0.15, -0.1) is 0 Å². The summed E-state index contributed by atoms with van der Waals surface area (Å²) in [6.07, 6.45) is 12.1. The van der Waals surface area contributed by atoms with Crippen molar-refractivity contribution in [1.82, 2.24) is 9.80 Å². The monoisotopic (exact) mass is 489 g/mol. The first kappa shape index (κ1) is 26.7. The minimum Gasteiger partial charge on any atom is -0.334 e. The van der Waals surface area contributed by atoms with Crippen molar-refractivity contribution in [3.8, 4) is 0 Å². The molecule has 1 atom stereocenters. The molecule has 0 aromatic heterocycles. The van der Waals surface area contributed by atoms with E-state index < -0.39 is 24.2 Å². The van der Waals surface area contributed by atoms with Gasteiger partial charge in [0.2, 0.25) is 16.4 Å². The van der Waals surface area contributed by atoms with Crippen LogP contribution in [0.3, 0.4) is 0 Å². The van der Waals surface area contributed by atoms with Gasteiger partial charge in [-0.2, -0.15) is 0 Å². The fraction of sp³-hybridized carbons (Fsp3) is 0.619. The maximum Gasteiger partial charge on any atom is 0.472 e. The Labute approximate surface area is 191 Å². The molecule has 1 aliphatic heterocycles. The van der Waals surface area contributed by atoms with Crippen molar-refractivity contribution in [3.05, 3.63) is 42.2 Å². The Kier molecular flexibility index (Phi) is 10.5. The van der Waals surface area contributed by atoms with Gasteiger partial charge in [-0.3, -0.25) is 4.72 Å². The molecule has 3 N–H and O–H groups in total. The maximum atomic E-state index is 11.5. The third kappa shape index (κ3) is 10.4. The molecule has 0 spiro atoms. The van der Waals surface area contributed by atoms with Crippen molar-refractivity contribution in [3.63, 3.8) is 0 Å². The molecule has 0 saturated carbocycles. The number of phosphoric ester groups is 1. The van der Waals surface area contributed by atoms with Crippen molar-refractivity contribution >= 4 is 23.5 Å². The predicted molar refractivity (Wildman–Crippen MR) is 126 cm³/mol. The molecule has 1 aromatic rings. The van der Waals surface area contributed by atoms with Crippen LogP contribution >= 0.6 is 7.82 Å². The second kappa shape index (κ2) is 12.6. The average Bonchev–Trinajstić information content (AvgIpc) is 3.05. The zero-order chi connectivity index (χ0) is 23.6. The minimum atomic E-state index is -4.62. The summed E-state index contributed by atoms with van der Waals surface area (Å²) in [4.78, 5) is 22.3. The summed E-state index contributed by atoms with van der Waals surface area (Å²) in [7, 11) is -7.91. The Hall–Kier alpha value is -1.58. The normalized spacial score (nSPS) is 16.7. The lowest BCUT2D eigenvalue weighted by Gasteiger charge is -2.32. The van der Waals surface area contributed by atoms with E-state index in [1.807, 2.05) is 34.3 Å². The number of benzene rings is 1. The Morgan fingerprint density at radius 3 is 2.06 bits per heavy atom. The molecule has 0 radical (unpaired) electrons. The molecule has 1 heterocycles. The van der Waals surface area contributed by atoms with Crippen molar-refractivity contribution in [2.45, 2.75) is 64.6 Å². The third-order valence-corrected chi connectivity index (χ3v) is 6.23. The molecule has 0 amide bonds. The molecule has 11 heteroatoms. The first-order chi connectivity index (χ1) is 15.1. The van der Waals surface area contributed by atoms with Gasteiger partial charge < -0.3 is 19.6 Å². The van der Waals surface area contributed by atoms with Crippen LogP contribution in [0.4, 0.5) is 5.69 Å². The minimum absolute atomic E-state index is 0.533. The molecule has 0 bridgehead atoms. The smallest absolute Gasteiger partial charge is 0.334 e. The van der Waals surface area contributed by atoms with Crippen molar-refractivity contribution in [1.29, 1.82) is 0 Å². The molecule has 0 fully saturated rings. The molecule has 9 nitrogen and oxygen atoms in total. The van der Waals surface area contributed by atoms with E-state index in [0.29, 0.717) is 18.8 Å². The van der Waals surface area contributed by atoms with Crippen LogP contribution in [0, 0.1) is 0 Å². The van der Waals surface area contributed by atoms with Crippen LogP contribution in [0.5, 0.6) is 0 Å². The van der Waals surface area contributed by atoms with Gasteiger partial charge in [-0.25, -0.2) is 17.5 Å². The van der Waals surface area contributed by atoms with Crippen molar-refractivity contribution in [2.75, 3.05) is 24.1 Å². The van der Waals surface area contributed by atoms with Gasteiger partial charge in [0.1, 0.15) is 0 Å². The number of nitrogens with one attached hydrogen (secondary N) is 1. The van der Waals surface area contributed by atoms with Gasteiger partial charge in [-0.05, 0) is 43.4 Å². The van der Waals surface area contributed by atoms with Crippen LogP contribution in [0.1, 0.15) is 57.4 Å². The van der Waals surface area contributed by atoms with E-state index in [4.69, 9.17) is 4.52 Å². The van der Waals surface area contributed by atoms with Crippen molar-refractivity contribution < 1.29 is 27.3 Å². The number of anilines is 1. The second-order valence-corrected chi connectivity index (χ2v) is 11.1. The summed E-state index contributed by atoms with van der Waals surface area (Å²) in [5.74, 6) is 0. The lowest BCUT2D eigenvalue weighted by Crippen LogP contribution is -2.41. The number of hydrogen-bond donors (Lipinski definition) is 3. The second-order valence-electron chi connectivity index (χ2n) is 8.14. The topological polar surface area (TPSA) is 119 Å². The van der Waals surface area contributed by atoms with Gasteiger partial charge in [0.15, 0.2) is 0 Å². The van der Waals surface area contributed by atoms with E-state index in [2.05, 4.69) is 11.6 Å². The first-order valence-electron chi connectivity index (χ1n) is 11.1. The number of nitrogens with zero attached hydrogens (tertiary/aromatic N) is 2. The molecule has 1 aliphatic rings. The van der Waals surface area contributed by atoms with E-state index in [-0.39, 0.29) is 0 Å². The fourth-order valence-corrected chi connectivity index (χ4v) is 4.65. The molecule has 1 unspecified atom stereocenters. The molecule has 2 rings (SSSR count). The number of hydrogen-bond acceptors (Lipinski definition) is 6. The summed E-state index contributed by atoms with van der Waals surface area (Å²) >= 11 is 0. The standard InChI is InChI=1S/C21H36N3O6PS/c1-3-4-5-6-8-15-23-17-18-24(21(23)30-31(25,26)27)16-9-7-10-19-11-13-20(14-12-19)22-32(2,28)29/h11-14,17-18,21-22H,3-10,15-16H2,1-2H3,(H2,25,26,27). The van der Waals surface area contributed by atoms with Crippen LogP contribution in [0.25, 0.3) is 0 Å². The quantitative estimate of drug-likeness (QED) is 0.251. The molecule has 0 aliphatic carbocycles. The maximum absolute atomic E-state index is 11.5. The zero-order valence-electron chi connectivity index (χ0n) is 18.9. The van der Waals surface area contributed by atoms with Crippen LogP contribution in [-0.4, -0.2) is 53.7 Å². The number of rotatable bonds is 15. The SMILES string of the molecule is CCCCCCCN1C=CN(CCCCc2ccc(NS(C)(=O)=O)cc2)C1OP(=O)(O)O. The highest BCUT2D eigenvalue weighted by Gasteiger charge is 2.32. The number of sulfonamides is 1. The fourth-order valence-electron chi connectivity index (χ4n) is 3.60. The van der Waals surface area contributed by atoms with E-state index in [9.17, 15) is 22.8 Å². The van der Waals surface area contributed by atoms with Crippen LogP contribution in [0.2, 0.25) is 0 Å². The first-order valence-corrected chi connectivity index (χ1v) is 14.5. The van der Waals surface area contributed by atoms with Crippen LogP contribution in [-0.2, 0) is 25.5 Å². The van der Waals surface area contributed by atoms with E-state index in [1.54, 1.807) is 12.1 Å². The molecular formula is C21H36N3O6PS. The summed E-state index contributed by atoms with van der Waals surface area (Å²) < 4.78 is 41.5. The summed E-state index contributed by atoms with van der Waals surface area (Å²) in [6.45, 7) is 3.47. The third-order valence-electron chi connectivity index (χ3n) is 5.16. The number of aryl methyl sites for hydroxylation is 1. The largest absolute Gasteiger partial charge is 0.472 e. The molecule has 182 valence electrons. The lowest BCUT2D eigenvalue weighted by molar-refractivity contribution is -0.0446. The van der Waals surface area contributed by atoms with Gasteiger partial charge in [0.25, 0.3) is 0 Å². The summed E-state index contributed by atoms with van der Waals surface area (Å²) in [5.41, 5.74) is 1.63. The zero-order valence-corrected chi connectivity index (χ0v) is 20.6. The predicted octanol–water partition coefficient (Wildman–Crippen LogP) is 3.83. The van der Waals surface area contributed by atoms with Gasteiger partial charge in [-0.1, -0.05) is 44.7 Å². The summed E-state index contributed by atoms with van der Waals surface area (Å²) in [6, 6.07) is 7.26. The number of unbranched alkanes of at least 4 members (excludes halogenated alkanes) is 5. The highest BCUT2D eigenvalue weighted by Crippen LogP contribution is 2.40.